The van der Waals surface area contributed by atoms with Crippen LogP contribution in [-0.4, -0.2) is 92.5 Å². The quantitative estimate of drug-likeness (QED) is 0.736. The Hall–Kier alpha value is -3.06. The van der Waals surface area contributed by atoms with Crippen LogP contribution in [0.5, 0.6) is 5.75 Å². The van der Waals surface area contributed by atoms with E-state index in [0.29, 0.717) is 19.6 Å². The number of hydrogen-bond acceptors (Lipinski definition) is 5. The van der Waals surface area contributed by atoms with Crippen LogP contribution >= 0.6 is 0 Å². The maximum Gasteiger partial charge on any atom is 0.253 e. The first kappa shape index (κ1) is 21.2. The van der Waals surface area contributed by atoms with Crippen molar-refractivity contribution in [2.24, 2.45) is 0 Å². The summed E-state index contributed by atoms with van der Waals surface area (Å²) >= 11 is 0. The zero-order chi connectivity index (χ0) is 21.6. The lowest BCUT2D eigenvalue weighted by atomic mass is 10.2. The van der Waals surface area contributed by atoms with Gasteiger partial charge in [0.15, 0.2) is 0 Å². The molecule has 4 rings (SSSR count). The lowest BCUT2D eigenvalue weighted by Crippen LogP contribution is -2.54. The van der Waals surface area contributed by atoms with E-state index in [-0.39, 0.29) is 11.8 Å². The monoisotopic (exact) mass is 422 g/mol. The smallest absolute Gasteiger partial charge is 0.253 e. The molecule has 0 saturated carbocycles. The zero-order valence-corrected chi connectivity index (χ0v) is 18.1. The van der Waals surface area contributed by atoms with Gasteiger partial charge in [0.2, 0.25) is 5.91 Å². The number of nitrogens with zero attached hydrogens (tertiary/aromatic N) is 4. The number of carbonyl (C=O) groups is 2. The van der Waals surface area contributed by atoms with E-state index in [1.165, 1.54) is 0 Å². The van der Waals surface area contributed by atoms with Crippen molar-refractivity contribution in [1.82, 2.24) is 14.7 Å². The molecule has 0 aliphatic carbocycles. The van der Waals surface area contributed by atoms with Crippen molar-refractivity contribution >= 4 is 17.5 Å². The van der Waals surface area contributed by atoms with Crippen LogP contribution in [0, 0.1) is 0 Å². The van der Waals surface area contributed by atoms with Gasteiger partial charge in [0, 0.05) is 63.6 Å². The second-order valence-corrected chi connectivity index (χ2v) is 8.00. The minimum atomic E-state index is 0.0706. The normalized spacial score (nSPS) is 17.5. The summed E-state index contributed by atoms with van der Waals surface area (Å²) in [7, 11) is 1.67. The Morgan fingerprint density at radius 1 is 0.774 bits per heavy atom. The van der Waals surface area contributed by atoms with Crippen molar-refractivity contribution in [3.8, 4) is 5.75 Å². The van der Waals surface area contributed by atoms with Gasteiger partial charge in [-0.25, -0.2) is 0 Å². The van der Waals surface area contributed by atoms with Crippen molar-refractivity contribution in [2.75, 3.05) is 70.9 Å². The Labute approximate surface area is 183 Å². The van der Waals surface area contributed by atoms with Gasteiger partial charge in [-0.3, -0.25) is 14.5 Å². The Morgan fingerprint density at radius 3 is 2.00 bits per heavy atom. The van der Waals surface area contributed by atoms with Gasteiger partial charge < -0.3 is 19.4 Å². The molecule has 0 spiro atoms. The largest absolute Gasteiger partial charge is 0.497 e. The summed E-state index contributed by atoms with van der Waals surface area (Å²) in [6, 6.07) is 17.4. The molecule has 0 unspecified atom stereocenters. The molecule has 0 N–H and O–H groups in total. The predicted molar refractivity (Wildman–Crippen MR) is 121 cm³/mol. The van der Waals surface area contributed by atoms with Crippen LogP contribution in [0.3, 0.4) is 0 Å². The summed E-state index contributed by atoms with van der Waals surface area (Å²) in [5, 5.41) is 0. The average molecular weight is 423 g/mol. The highest BCUT2D eigenvalue weighted by Gasteiger charge is 2.26. The Balaban J connectivity index is 1.21. The Morgan fingerprint density at radius 2 is 1.39 bits per heavy atom. The summed E-state index contributed by atoms with van der Waals surface area (Å²) < 4.78 is 5.22. The molecule has 7 heteroatoms. The molecule has 2 aliphatic rings. The first-order valence-corrected chi connectivity index (χ1v) is 10.9. The third-order valence-corrected chi connectivity index (χ3v) is 6.11. The van der Waals surface area contributed by atoms with E-state index in [9.17, 15) is 9.59 Å². The average Bonchev–Trinajstić information content (AvgIpc) is 2.85. The lowest BCUT2D eigenvalue weighted by Gasteiger charge is -2.38. The fraction of sp³-hybridized carbons (Fsp3) is 0.417. The molecular weight excluding hydrogens is 392 g/mol. The van der Waals surface area contributed by atoms with Crippen molar-refractivity contribution < 1.29 is 14.3 Å². The van der Waals surface area contributed by atoms with E-state index in [0.717, 1.165) is 56.3 Å². The van der Waals surface area contributed by atoms with E-state index in [1.807, 2.05) is 52.3 Å². The van der Waals surface area contributed by atoms with Crippen molar-refractivity contribution in [2.45, 2.75) is 0 Å². The van der Waals surface area contributed by atoms with Crippen LogP contribution in [0.15, 0.2) is 54.6 Å². The number of carbonyl (C=O) groups excluding carboxylic acids is 2. The predicted octanol–water partition coefficient (Wildman–Crippen LogP) is 1.80. The fourth-order valence-electron chi connectivity index (χ4n) is 4.17. The number of rotatable bonds is 5. The summed E-state index contributed by atoms with van der Waals surface area (Å²) in [6.07, 6.45) is 0. The maximum atomic E-state index is 12.8. The highest BCUT2D eigenvalue weighted by Crippen LogP contribution is 2.20. The third-order valence-electron chi connectivity index (χ3n) is 6.11. The number of amides is 2. The van der Waals surface area contributed by atoms with Crippen LogP contribution < -0.4 is 9.64 Å². The van der Waals surface area contributed by atoms with Gasteiger partial charge in [-0.15, -0.1) is 0 Å². The van der Waals surface area contributed by atoms with Crippen molar-refractivity contribution in [3.63, 3.8) is 0 Å². The molecule has 0 aromatic heterocycles. The number of hydrogen-bond donors (Lipinski definition) is 0. The lowest BCUT2D eigenvalue weighted by molar-refractivity contribution is -0.133. The molecular formula is C24H30N4O3. The fourth-order valence-corrected chi connectivity index (χ4v) is 4.17. The highest BCUT2D eigenvalue weighted by molar-refractivity contribution is 5.94. The van der Waals surface area contributed by atoms with Crippen LogP contribution in [0.25, 0.3) is 0 Å². The van der Waals surface area contributed by atoms with E-state index in [1.54, 1.807) is 7.11 Å². The van der Waals surface area contributed by atoms with E-state index < -0.39 is 0 Å². The Kier molecular flexibility index (Phi) is 6.72. The number of anilines is 1. The van der Waals surface area contributed by atoms with Gasteiger partial charge in [-0.1, -0.05) is 18.2 Å². The molecule has 7 nitrogen and oxygen atoms in total. The molecule has 2 heterocycles. The standard InChI is InChI=1S/C24H30N4O3/c1-31-22-9-7-21(8-10-22)26-15-17-27(18-16-26)23(29)19-25-11-13-28(14-12-25)24(30)20-5-3-2-4-6-20/h2-10H,11-19H2,1H3. The molecule has 2 fully saturated rings. The van der Waals surface area contributed by atoms with E-state index in [4.69, 9.17) is 4.74 Å². The summed E-state index contributed by atoms with van der Waals surface area (Å²) in [4.78, 5) is 33.7. The molecule has 2 aliphatic heterocycles. The summed E-state index contributed by atoms with van der Waals surface area (Å²) in [5.74, 6) is 1.10. The van der Waals surface area contributed by atoms with E-state index in [2.05, 4.69) is 21.9 Å². The minimum absolute atomic E-state index is 0.0706. The van der Waals surface area contributed by atoms with Gasteiger partial charge in [0.25, 0.3) is 5.91 Å². The van der Waals surface area contributed by atoms with Crippen LogP contribution in [-0.2, 0) is 4.79 Å². The zero-order valence-electron chi connectivity index (χ0n) is 18.1. The summed E-state index contributed by atoms with van der Waals surface area (Å²) in [6.45, 7) is 6.34. The number of piperazine rings is 2. The molecule has 2 saturated heterocycles. The SMILES string of the molecule is COc1ccc(N2CCN(C(=O)CN3CCN(C(=O)c4ccccc4)CC3)CC2)cc1. The second-order valence-electron chi connectivity index (χ2n) is 8.00. The van der Waals surface area contributed by atoms with Gasteiger partial charge >= 0.3 is 0 Å². The molecule has 2 amide bonds. The molecule has 0 atom stereocenters. The van der Waals surface area contributed by atoms with Crippen molar-refractivity contribution in [3.05, 3.63) is 60.2 Å². The third kappa shape index (κ3) is 5.17. The molecule has 0 bridgehead atoms. The number of methoxy groups -OCH3 is 1. The maximum absolute atomic E-state index is 12.8. The first-order valence-electron chi connectivity index (χ1n) is 10.9. The van der Waals surface area contributed by atoms with Gasteiger partial charge in [-0.2, -0.15) is 0 Å². The number of benzene rings is 2. The first-order chi connectivity index (χ1) is 15.1. The topological polar surface area (TPSA) is 56.3 Å². The Bertz CT molecular complexity index is 871. The summed E-state index contributed by atoms with van der Waals surface area (Å²) in [5.41, 5.74) is 1.88. The second kappa shape index (κ2) is 9.83. The van der Waals surface area contributed by atoms with Crippen molar-refractivity contribution in [1.29, 1.82) is 0 Å². The number of ether oxygens (including phenoxy) is 1. The van der Waals surface area contributed by atoms with Crippen LogP contribution in [0.2, 0.25) is 0 Å². The molecule has 2 aromatic carbocycles. The molecule has 0 radical (unpaired) electrons. The highest BCUT2D eigenvalue weighted by atomic mass is 16.5. The van der Waals surface area contributed by atoms with Crippen LogP contribution in [0.1, 0.15) is 10.4 Å². The van der Waals surface area contributed by atoms with Crippen LogP contribution in [0.4, 0.5) is 5.69 Å². The molecule has 31 heavy (non-hydrogen) atoms. The van der Waals surface area contributed by atoms with Gasteiger partial charge in [-0.05, 0) is 36.4 Å². The minimum Gasteiger partial charge on any atom is -0.497 e. The molecule has 164 valence electrons. The van der Waals surface area contributed by atoms with E-state index >= 15 is 0 Å². The van der Waals surface area contributed by atoms with Gasteiger partial charge in [0.1, 0.15) is 5.75 Å². The molecule has 2 aromatic rings. The van der Waals surface area contributed by atoms with Gasteiger partial charge in [0.05, 0.1) is 13.7 Å².